The summed E-state index contributed by atoms with van der Waals surface area (Å²) in [4.78, 5) is 93.4. The maximum Gasteiger partial charge on any atom is 0.410 e. The third kappa shape index (κ3) is 6.06. The molecular formula is C36H39N5O8. The maximum absolute atomic E-state index is 13.4. The Balaban J connectivity index is 1.17. The molecule has 256 valence electrons. The van der Waals surface area contributed by atoms with E-state index in [1.165, 1.54) is 9.80 Å². The molecule has 13 nitrogen and oxygen atoms in total. The molecule has 5 aliphatic rings. The van der Waals surface area contributed by atoms with Gasteiger partial charge in [0.15, 0.2) is 0 Å². The zero-order chi connectivity index (χ0) is 34.8. The number of ether oxygens (including phenoxy) is 1. The van der Waals surface area contributed by atoms with E-state index < -0.39 is 35.6 Å². The monoisotopic (exact) mass is 669 g/mol. The lowest BCUT2D eigenvalue weighted by Gasteiger charge is -2.40. The number of nitrogens with one attached hydrogen (secondary N) is 2. The van der Waals surface area contributed by atoms with E-state index in [4.69, 9.17) is 4.74 Å². The first-order valence-electron chi connectivity index (χ1n) is 16.8. The van der Waals surface area contributed by atoms with Crippen LogP contribution in [0, 0.1) is 0 Å². The molecule has 7 amide bonds. The van der Waals surface area contributed by atoms with Crippen LogP contribution in [0.25, 0.3) is 0 Å². The number of carbonyl (C=O) groups is 7. The lowest BCUT2D eigenvalue weighted by molar-refractivity contribution is -0.138. The van der Waals surface area contributed by atoms with Gasteiger partial charge in [0.05, 0.1) is 0 Å². The predicted octanol–water partition coefficient (Wildman–Crippen LogP) is 2.72. The number of rotatable bonds is 4. The van der Waals surface area contributed by atoms with Crippen LogP contribution in [0.1, 0.15) is 108 Å². The molecule has 4 unspecified atom stereocenters. The van der Waals surface area contributed by atoms with Crippen molar-refractivity contribution in [2.24, 2.45) is 0 Å². The highest BCUT2D eigenvalue weighted by atomic mass is 16.6. The van der Waals surface area contributed by atoms with Crippen LogP contribution in [0.15, 0.2) is 36.4 Å². The average molecular weight is 670 g/mol. The number of fused-ring (bicyclic) bond motifs is 2. The van der Waals surface area contributed by atoms with Gasteiger partial charge < -0.3 is 19.4 Å². The van der Waals surface area contributed by atoms with Crippen molar-refractivity contribution in [3.05, 3.63) is 69.8 Å². The van der Waals surface area contributed by atoms with Crippen molar-refractivity contribution in [2.75, 3.05) is 13.1 Å². The lowest BCUT2D eigenvalue weighted by atomic mass is 9.76. The average Bonchev–Trinajstić information content (AvgIpc) is 3.55. The van der Waals surface area contributed by atoms with E-state index in [0.717, 1.165) is 22.3 Å². The van der Waals surface area contributed by atoms with Crippen molar-refractivity contribution in [3.8, 4) is 0 Å². The van der Waals surface area contributed by atoms with Gasteiger partial charge in [0.25, 0.3) is 11.8 Å². The molecule has 0 bridgehead atoms. The first-order chi connectivity index (χ1) is 23.3. The number of hydrogen-bond donors (Lipinski definition) is 2. The molecular weight excluding hydrogens is 630 g/mol. The Morgan fingerprint density at radius 3 is 1.67 bits per heavy atom. The number of nitrogens with zero attached hydrogens (tertiary/aromatic N) is 3. The van der Waals surface area contributed by atoms with Crippen molar-refractivity contribution < 1.29 is 38.3 Å². The molecule has 4 atom stereocenters. The minimum atomic E-state index is -0.722. The minimum absolute atomic E-state index is 0.0508. The second-order valence-corrected chi connectivity index (χ2v) is 14.6. The molecule has 2 aromatic rings. The summed E-state index contributed by atoms with van der Waals surface area (Å²) in [5, 5.41) is 4.68. The third-order valence-electron chi connectivity index (χ3n) is 10.2. The second kappa shape index (κ2) is 12.1. The van der Waals surface area contributed by atoms with Crippen LogP contribution in [-0.2, 0) is 37.0 Å². The highest BCUT2D eigenvalue weighted by Gasteiger charge is 2.42. The summed E-state index contributed by atoms with van der Waals surface area (Å²) in [6, 6.07) is 9.99. The molecule has 5 heterocycles. The minimum Gasteiger partial charge on any atom is -0.444 e. The molecule has 2 aromatic carbocycles. The van der Waals surface area contributed by atoms with Gasteiger partial charge in [0, 0.05) is 56.1 Å². The standard InChI is InChI=1S/C36H39N5O8/c1-36(2,3)49-35(48)39-13-12-23(19-4-6-24-21(14-19)16-40(33(24)46)27-8-10-29(42)37-31(27)44)26(18-39)20-5-7-25-22(15-20)17-41(34(25)47)28-9-11-30(43)38-32(28)45/h4-7,14-15,23,26-28H,8-13,16-18H2,1-3H3,(H,37,42,44)(H,38,43,45). The molecule has 0 spiro atoms. The molecule has 0 aromatic heterocycles. The van der Waals surface area contributed by atoms with Gasteiger partial charge in [-0.15, -0.1) is 0 Å². The molecule has 2 N–H and O–H groups in total. The third-order valence-corrected chi connectivity index (χ3v) is 10.2. The topological polar surface area (TPSA) is 162 Å². The van der Waals surface area contributed by atoms with Gasteiger partial charge in [0.2, 0.25) is 23.6 Å². The quantitative estimate of drug-likeness (QED) is 0.470. The van der Waals surface area contributed by atoms with Crippen molar-refractivity contribution >= 4 is 41.5 Å². The number of amides is 7. The highest BCUT2D eigenvalue weighted by Crippen LogP contribution is 2.43. The lowest BCUT2D eigenvalue weighted by Crippen LogP contribution is -2.52. The largest absolute Gasteiger partial charge is 0.444 e. The van der Waals surface area contributed by atoms with Gasteiger partial charge in [-0.25, -0.2) is 4.79 Å². The molecule has 0 radical (unpaired) electrons. The number of piperidine rings is 3. The van der Waals surface area contributed by atoms with E-state index in [1.54, 1.807) is 17.0 Å². The Morgan fingerprint density at radius 2 is 1.20 bits per heavy atom. The molecule has 5 aliphatic heterocycles. The zero-order valence-corrected chi connectivity index (χ0v) is 27.7. The second-order valence-electron chi connectivity index (χ2n) is 14.6. The smallest absolute Gasteiger partial charge is 0.410 e. The van der Waals surface area contributed by atoms with Crippen LogP contribution in [0.3, 0.4) is 0 Å². The van der Waals surface area contributed by atoms with Crippen LogP contribution in [0.2, 0.25) is 0 Å². The first-order valence-corrected chi connectivity index (χ1v) is 16.8. The zero-order valence-electron chi connectivity index (χ0n) is 27.7. The van der Waals surface area contributed by atoms with Crippen molar-refractivity contribution in [1.29, 1.82) is 0 Å². The number of benzene rings is 2. The van der Waals surface area contributed by atoms with Crippen molar-refractivity contribution in [1.82, 2.24) is 25.3 Å². The van der Waals surface area contributed by atoms with Crippen LogP contribution in [0.4, 0.5) is 4.79 Å². The van der Waals surface area contributed by atoms with Crippen LogP contribution < -0.4 is 10.6 Å². The summed E-state index contributed by atoms with van der Waals surface area (Å²) in [5.74, 6) is -2.34. The van der Waals surface area contributed by atoms with Gasteiger partial charge >= 0.3 is 6.09 Å². The number of hydrogen-bond acceptors (Lipinski definition) is 8. The van der Waals surface area contributed by atoms with E-state index in [9.17, 15) is 33.6 Å². The number of carbonyl (C=O) groups excluding carboxylic acids is 7. The highest BCUT2D eigenvalue weighted by molar-refractivity contribution is 6.06. The Morgan fingerprint density at radius 1 is 0.714 bits per heavy atom. The van der Waals surface area contributed by atoms with E-state index in [0.29, 0.717) is 30.6 Å². The molecule has 0 saturated carbocycles. The van der Waals surface area contributed by atoms with Crippen molar-refractivity contribution in [2.45, 2.75) is 95.5 Å². The van der Waals surface area contributed by atoms with Gasteiger partial charge in [-0.05, 0) is 80.3 Å². The predicted molar refractivity (Wildman–Crippen MR) is 173 cm³/mol. The van der Waals surface area contributed by atoms with E-state index in [-0.39, 0.29) is 74.2 Å². The summed E-state index contributed by atoms with van der Waals surface area (Å²) in [6.45, 7) is 6.79. The van der Waals surface area contributed by atoms with Gasteiger partial charge in [-0.3, -0.25) is 39.4 Å². The molecule has 49 heavy (non-hydrogen) atoms. The molecule has 0 aliphatic carbocycles. The SMILES string of the molecule is CC(C)(C)OC(=O)N1CCC(c2ccc3c(c2)CN(C2CCC(=O)NC2=O)C3=O)C(c2ccc3c(c2)CN(C2CCC(=O)NC2=O)C3=O)C1. The van der Waals surface area contributed by atoms with Crippen molar-refractivity contribution in [3.63, 3.8) is 0 Å². The van der Waals surface area contributed by atoms with Gasteiger partial charge in [0.1, 0.15) is 17.7 Å². The molecule has 3 saturated heterocycles. The van der Waals surface area contributed by atoms with E-state index in [2.05, 4.69) is 10.6 Å². The summed E-state index contributed by atoms with van der Waals surface area (Å²) in [6.07, 6.45) is 1.11. The molecule has 3 fully saturated rings. The Kier molecular flexibility index (Phi) is 8.03. The first kappa shape index (κ1) is 32.5. The Labute approximate surface area is 283 Å². The van der Waals surface area contributed by atoms with Gasteiger partial charge in [-0.2, -0.15) is 0 Å². The fourth-order valence-corrected chi connectivity index (χ4v) is 7.83. The summed E-state index contributed by atoms with van der Waals surface area (Å²) in [7, 11) is 0. The van der Waals surface area contributed by atoms with Crippen LogP contribution in [-0.4, -0.2) is 87.0 Å². The summed E-state index contributed by atoms with van der Waals surface area (Å²) in [5.41, 5.74) is 3.87. The summed E-state index contributed by atoms with van der Waals surface area (Å²) >= 11 is 0. The molecule has 13 heteroatoms. The molecule has 7 rings (SSSR count). The fraction of sp³-hybridized carbons (Fsp3) is 0.472. The van der Waals surface area contributed by atoms with Gasteiger partial charge in [-0.1, -0.05) is 24.3 Å². The Bertz CT molecular complexity index is 1810. The maximum atomic E-state index is 13.4. The van der Waals surface area contributed by atoms with E-state index in [1.807, 2.05) is 45.0 Å². The van der Waals surface area contributed by atoms with Crippen LogP contribution >= 0.6 is 0 Å². The normalized spacial score (nSPS) is 25.7. The number of likely N-dealkylation sites (tertiary alicyclic amines) is 1. The Hall–Kier alpha value is -5.07. The van der Waals surface area contributed by atoms with E-state index >= 15 is 0 Å². The summed E-state index contributed by atoms with van der Waals surface area (Å²) < 4.78 is 5.72. The fourth-order valence-electron chi connectivity index (χ4n) is 7.83. The van der Waals surface area contributed by atoms with Crippen LogP contribution in [0.5, 0.6) is 0 Å². The number of imide groups is 2.